The Morgan fingerprint density at radius 1 is 1.40 bits per heavy atom. The molecule has 5 heteroatoms. The Hall–Kier alpha value is -1.75. The normalized spacial score (nSPS) is 9.93. The molecular formula is C10H9N3OS. The number of rotatable bonds is 2. The molecule has 0 aliphatic heterocycles. The van der Waals surface area contributed by atoms with Gasteiger partial charge in [-0.2, -0.15) is 0 Å². The van der Waals surface area contributed by atoms with Crippen LogP contribution >= 0.6 is 11.3 Å². The van der Waals surface area contributed by atoms with Crippen molar-refractivity contribution in [3.8, 4) is 0 Å². The molecule has 0 saturated carbocycles. The molecule has 0 fully saturated rings. The Morgan fingerprint density at radius 3 is 2.87 bits per heavy atom. The van der Waals surface area contributed by atoms with Crippen LogP contribution in [0.25, 0.3) is 0 Å². The van der Waals surface area contributed by atoms with E-state index in [1.807, 2.05) is 13.0 Å². The molecule has 2 heterocycles. The molecule has 0 radical (unpaired) electrons. The maximum absolute atomic E-state index is 11.6. The van der Waals surface area contributed by atoms with Gasteiger partial charge in [-0.3, -0.25) is 4.79 Å². The molecular weight excluding hydrogens is 210 g/mol. The van der Waals surface area contributed by atoms with Crippen LogP contribution in [0.4, 0.5) is 5.82 Å². The fraction of sp³-hybridized carbons (Fsp3) is 0.100. The van der Waals surface area contributed by atoms with Gasteiger partial charge in [0.25, 0.3) is 5.91 Å². The number of aromatic nitrogens is 2. The molecule has 0 unspecified atom stereocenters. The van der Waals surface area contributed by atoms with E-state index in [4.69, 9.17) is 0 Å². The van der Waals surface area contributed by atoms with Crippen LogP contribution in [0.3, 0.4) is 0 Å². The molecule has 4 nitrogen and oxygen atoms in total. The summed E-state index contributed by atoms with van der Waals surface area (Å²) in [5.74, 6) is 0.311. The third kappa shape index (κ3) is 2.38. The summed E-state index contributed by atoms with van der Waals surface area (Å²) < 4.78 is 0. The van der Waals surface area contributed by atoms with E-state index in [0.717, 1.165) is 5.56 Å². The van der Waals surface area contributed by atoms with Crippen molar-refractivity contribution in [1.82, 2.24) is 9.97 Å². The minimum Gasteiger partial charge on any atom is -0.305 e. The summed E-state index contributed by atoms with van der Waals surface area (Å²) in [6.45, 7) is 1.94. The number of anilines is 1. The Balaban J connectivity index is 2.09. The lowest BCUT2D eigenvalue weighted by Crippen LogP contribution is -2.13. The Labute approximate surface area is 91.0 Å². The van der Waals surface area contributed by atoms with Crippen molar-refractivity contribution >= 4 is 23.1 Å². The number of thiazole rings is 1. The number of hydrogen-bond donors (Lipinski definition) is 1. The molecule has 2 aromatic heterocycles. The second-order valence-corrected chi connectivity index (χ2v) is 3.77. The van der Waals surface area contributed by atoms with Gasteiger partial charge in [-0.1, -0.05) is 6.07 Å². The first-order valence-corrected chi connectivity index (χ1v) is 5.32. The molecule has 1 amide bonds. The van der Waals surface area contributed by atoms with Crippen LogP contribution in [0, 0.1) is 6.92 Å². The molecule has 2 rings (SSSR count). The van der Waals surface area contributed by atoms with E-state index in [2.05, 4.69) is 15.3 Å². The highest BCUT2D eigenvalue weighted by Gasteiger charge is 2.07. The summed E-state index contributed by atoms with van der Waals surface area (Å²) in [4.78, 5) is 19.5. The summed E-state index contributed by atoms with van der Waals surface area (Å²) in [5.41, 5.74) is 3.10. The van der Waals surface area contributed by atoms with Gasteiger partial charge in [0.1, 0.15) is 11.5 Å². The standard InChI is InChI=1S/C10H9N3OS/c1-7-2-3-9(11-4-7)13-10(14)8-5-15-6-12-8/h2-6H,1H3,(H,11,13,14). The average Bonchev–Trinajstić information content (AvgIpc) is 2.74. The molecule has 15 heavy (non-hydrogen) atoms. The first-order valence-electron chi connectivity index (χ1n) is 4.38. The number of amides is 1. The number of nitrogens with one attached hydrogen (secondary N) is 1. The van der Waals surface area contributed by atoms with E-state index in [-0.39, 0.29) is 5.91 Å². The number of carbonyl (C=O) groups excluding carboxylic acids is 1. The van der Waals surface area contributed by atoms with Crippen molar-refractivity contribution in [1.29, 1.82) is 0 Å². The van der Waals surface area contributed by atoms with Crippen molar-refractivity contribution < 1.29 is 4.79 Å². The molecule has 76 valence electrons. The van der Waals surface area contributed by atoms with E-state index >= 15 is 0 Å². The molecule has 2 aromatic rings. The minimum absolute atomic E-state index is 0.229. The van der Waals surface area contributed by atoms with Crippen LogP contribution in [-0.4, -0.2) is 15.9 Å². The quantitative estimate of drug-likeness (QED) is 0.841. The second-order valence-electron chi connectivity index (χ2n) is 3.05. The third-order valence-corrected chi connectivity index (χ3v) is 2.40. The molecule has 0 aliphatic rings. The van der Waals surface area contributed by atoms with Gasteiger partial charge in [-0.15, -0.1) is 11.3 Å². The lowest BCUT2D eigenvalue weighted by molar-refractivity contribution is 0.102. The predicted octanol–water partition coefficient (Wildman–Crippen LogP) is 2.10. The number of pyridine rings is 1. The molecule has 1 N–H and O–H groups in total. The van der Waals surface area contributed by atoms with Gasteiger partial charge >= 0.3 is 0 Å². The molecule has 0 aromatic carbocycles. The van der Waals surface area contributed by atoms with Crippen molar-refractivity contribution in [2.24, 2.45) is 0 Å². The van der Waals surface area contributed by atoms with E-state index in [9.17, 15) is 4.79 Å². The van der Waals surface area contributed by atoms with Crippen LogP contribution < -0.4 is 5.32 Å². The van der Waals surface area contributed by atoms with Crippen LogP contribution in [-0.2, 0) is 0 Å². The molecule has 0 atom stereocenters. The van der Waals surface area contributed by atoms with Crippen LogP contribution in [0.2, 0.25) is 0 Å². The van der Waals surface area contributed by atoms with E-state index in [1.165, 1.54) is 11.3 Å². The maximum Gasteiger partial charge on any atom is 0.276 e. The molecule has 0 spiro atoms. The molecule has 0 bridgehead atoms. The highest BCUT2D eigenvalue weighted by atomic mass is 32.1. The van der Waals surface area contributed by atoms with Gasteiger partial charge in [0, 0.05) is 11.6 Å². The fourth-order valence-corrected chi connectivity index (χ4v) is 1.58. The third-order valence-electron chi connectivity index (χ3n) is 1.82. The second kappa shape index (κ2) is 4.18. The number of aryl methyl sites for hydroxylation is 1. The number of nitrogens with zero attached hydrogens (tertiary/aromatic N) is 2. The van der Waals surface area contributed by atoms with Crippen molar-refractivity contribution in [2.45, 2.75) is 6.92 Å². The molecule has 0 aliphatic carbocycles. The lowest BCUT2D eigenvalue weighted by Gasteiger charge is -2.01. The van der Waals surface area contributed by atoms with Crippen molar-refractivity contribution in [2.75, 3.05) is 5.32 Å². The van der Waals surface area contributed by atoms with Gasteiger partial charge in [-0.25, -0.2) is 9.97 Å². The summed E-state index contributed by atoms with van der Waals surface area (Å²) >= 11 is 1.39. The first kappa shape index (κ1) is 9.79. The zero-order valence-corrected chi connectivity index (χ0v) is 8.91. The number of hydrogen-bond acceptors (Lipinski definition) is 4. The number of carbonyl (C=O) groups is 1. The van der Waals surface area contributed by atoms with Gasteiger partial charge in [0.05, 0.1) is 5.51 Å². The average molecular weight is 219 g/mol. The van der Waals surface area contributed by atoms with Gasteiger partial charge in [-0.05, 0) is 18.6 Å². The summed E-state index contributed by atoms with van der Waals surface area (Å²) in [5, 5.41) is 4.36. The first-order chi connectivity index (χ1) is 7.25. The Morgan fingerprint density at radius 2 is 2.27 bits per heavy atom. The zero-order chi connectivity index (χ0) is 10.7. The maximum atomic E-state index is 11.6. The highest BCUT2D eigenvalue weighted by Crippen LogP contribution is 2.07. The topological polar surface area (TPSA) is 54.9 Å². The van der Waals surface area contributed by atoms with Crippen molar-refractivity contribution in [3.05, 3.63) is 40.5 Å². The van der Waals surface area contributed by atoms with Crippen LogP contribution in [0.5, 0.6) is 0 Å². The smallest absolute Gasteiger partial charge is 0.276 e. The van der Waals surface area contributed by atoms with E-state index in [1.54, 1.807) is 23.2 Å². The van der Waals surface area contributed by atoms with Gasteiger partial charge in [0.2, 0.25) is 0 Å². The van der Waals surface area contributed by atoms with Crippen molar-refractivity contribution in [3.63, 3.8) is 0 Å². The molecule has 0 saturated heterocycles. The van der Waals surface area contributed by atoms with E-state index in [0.29, 0.717) is 11.5 Å². The monoisotopic (exact) mass is 219 g/mol. The van der Waals surface area contributed by atoms with Crippen LogP contribution in [0.15, 0.2) is 29.2 Å². The summed E-state index contributed by atoms with van der Waals surface area (Å²) in [6, 6.07) is 3.66. The predicted molar refractivity (Wildman–Crippen MR) is 59.0 cm³/mol. The largest absolute Gasteiger partial charge is 0.305 e. The lowest BCUT2D eigenvalue weighted by atomic mass is 10.3. The van der Waals surface area contributed by atoms with E-state index < -0.39 is 0 Å². The summed E-state index contributed by atoms with van der Waals surface area (Å²) in [6.07, 6.45) is 1.71. The van der Waals surface area contributed by atoms with Gasteiger partial charge < -0.3 is 5.32 Å². The fourth-order valence-electron chi connectivity index (χ4n) is 1.05. The SMILES string of the molecule is Cc1ccc(NC(=O)c2cscn2)nc1. The summed E-state index contributed by atoms with van der Waals surface area (Å²) in [7, 11) is 0. The zero-order valence-electron chi connectivity index (χ0n) is 8.10. The minimum atomic E-state index is -0.229. The van der Waals surface area contributed by atoms with Gasteiger partial charge in [0.15, 0.2) is 0 Å². The Bertz CT molecular complexity index is 450. The Kier molecular flexibility index (Phi) is 2.73. The van der Waals surface area contributed by atoms with Crippen LogP contribution in [0.1, 0.15) is 16.1 Å². The highest BCUT2D eigenvalue weighted by molar-refractivity contribution is 7.07.